The Morgan fingerprint density at radius 1 is 1.25 bits per heavy atom. The fraction of sp³-hybridized carbons (Fsp3) is 0.923. The van der Waals surface area contributed by atoms with Gasteiger partial charge in [0.1, 0.15) is 0 Å². The maximum absolute atomic E-state index is 12.3. The van der Waals surface area contributed by atoms with Crippen molar-refractivity contribution in [1.82, 2.24) is 10.2 Å². The lowest BCUT2D eigenvalue weighted by atomic mass is 9.82. The molecule has 0 aromatic heterocycles. The van der Waals surface area contributed by atoms with Crippen LogP contribution in [0.2, 0.25) is 0 Å². The molecule has 3 heteroatoms. The van der Waals surface area contributed by atoms with Gasteiger partial charge in [-0.25, -0.2) is 0 Å². The van der Waals surface area contributed by atoms with E-state index in [1.165, 1.54) is 0 Å². The lowest BCUT2D eigenvalue weighted by Crippen LogP contribution is -2.45. The summed E-state index contributed by atoms with van der Waals surface area (Å²) >= 11 is 0. The van der Waals surface area contributed by atoms with E-state index in [0.717, 1.165) is 39.0 Å². The van der Waals surface area contributed by atoms with Crippen LogP contribution in [0, 0.1) is 17.3 Å². The topological polar surface area (TPSA) is 32.3 Å². The molecule has 0 bridgehead atoms. The van der Waals surface area contributed by atoms with E-state index in [1.807, 2.05) is 0 Å². The van der Waals surface area contributed by atoms with Gasteiger partial charge in [0.05, 0.1) is 5.92 Å². The minimum atomic E-state index is 0.223. The predicted octanol–water partition coefficient (Wildman–Crippen LogP) is 1.49. The van der Waals surface area contributed by atoms with Crippen LogP contribution in [0.1, 0.15) is 33.6 Å². The van der Waals surface area contributed by atoms with Crippen LogP contribution in [0.15, 0.2) is 0 Å². The first kappa shape index (κ1) is 11.9. The third-order valence-corrected chi connectivity index (χ3v) is 4.26. The number of rotatable bonds is 1. The summed E-state index contributed by atoms with van der Waals surface area (Å²) in [6.45, 7) is 10.6. The number of amides is 1. The molecule has 0 unspecified atom stereocenters. The van der Waals surface area contributed by atoms with Crippen LogP contribution in [0.4, 0.5) is 0 Å². The summed E-state index contributed by atoms with van der Waals surface area (Å²) in [7, 11) is 0. The third-order valence-electron chi connectivity index (χ3n) is 4.26. The lowest BCUT2D eigenvalue weighted by Gasteiger charge is -2.38. The Morgan fingerprint density at radius 3 is 2.38 bits per heavy atom. The van der Waals surface area contributed by atoms with Gasteiger partial charge in [0.15, 0.2) is 0 Å². The second-order valence-corrected chi connectivity index (χ2v) is 6.23. The monoisotopic (exact) mass is 224 g/mol. The summed E-state index contributed by atoms with van der Waals surface area (Å²) in [5.74, 6) is 1.11. The van der Waals surface area contributed by atoms with Gasteiger partial charge in [0.2, 0.25) is 5.91 Å². The molecule has 1 N–H and O–H groups in total. The van der Waals surface area contributed by atoms with Gasteiger partial charge in [-0.2, -0.15) is 0 Å². The SMILES string of the molecule is C[C@@H]1CNC[C@H]1C(=O)N1CCC(C)(C)CC1. The van der Waals surface area contributed by atoms with Crippen LogP contribution >= 0.6 is 0 Å². The highest BCUT2D eigenvalue weighted by molar-refractivity contribution is 5.79. The van der Waals surface area contributed by atoms with Gasteiger partial charge >= 0.3 is 0 Å². The highest BCUT2D eigenvalue weighted by Crippen LogP contribution is 2.31. The van der Waals surface area contributed by atoms with E-state index in [0.29, 0.717) is 17.2 Å². The Kier molecular flexibility index (Phi) is 3.24. The van der Waals surface area contributed by atoms with Crippen molar-refractivity contribution < 1.29 is 4.79 Å². The van der Waals surface area contributed by atoms with Crippen LogP contribution in [0.5, 0.6) is 0 Å². The van der Waals surface area contributed by atoms with Crippen LogP contribution in [-0.2, 0) is 4.79 Å². The molecule has 2 atom stereocenters. The van der Waals surface area contributed by atoms with Crippen molar-refractivity contribution in [3.8, 4) is 0 Å². The van der Waals surface area contributed by atoms with Gasteiger partial charge in [-0.1, -0.05) is 20.8 Å². The van der Waals surface area contributed by atoms with Crippen LogP contribution < -0.4 is 5.32 Å². The molecule has 16 heavy (non-hydrogen) atoms. The van der Waals surface area contributed by atoms with Crippen LogP contribution in [0.3, 0.4) is 0 Å². The van der Waals surface area contributed by atoms with Crippen molar-refractivity contribution in [2.45, 2.75) is 33.6 Å². The highest BCUT2D eigenvalue weighted by atomic mass is 16.2. The first-order chi connectivity index (χ1) is 7.49. The van der Waals surface area contributed by atoms with E-state index in [9.17, 15) is 4.79 Å². The fourth-order valence-corrected chi connectivity index (χ4v) is 2.71. The average Bonchev–Trinajstić information content (AvgIpc) is 2.63. The smallest absolute Gasteiger partial charge is 0.227 e. The summed E-state index contributed by atoms with van der Waals surface area (Å²) in [4.78, 5) is 14.4. The molecule has 2 aliphatic rings. The molecular formula is C13H24N2O. The maximum atomic E-state index is 12.3. The molecule has 92 valence electrons. The minimum Gasteiger partial charge on any atom is -0.342 e. The van der Waals surface area contributed by atoms with E-state index >= 15 is 0 Å². The van der Waals surface area contributed by atoms with Crippen molar-refractivity contribution in [3.05, 3.63) is 0 Å². The Bertz CT molecular complexity index is 265. The largest absolute Gasteiger partial charge is 0.342 e. The Balaban J connectivity index is 1.91. The quantitative estimate of drug-likeness (QED) is 0.732. The minimum absolute atomic E-state index is 0.223. The molecule has 0 saturated carbocycles. The summed E-state index contributed by atoms with van der Waals surface area (Å²) in [5.41, 5.74) is 0.427. The zero-order valence-corrected chi connectivity index (χ0v) is 10.8. The van der Waals surface area contributed by atoms with E-state index in [-0.39, 0.29) is 5.92 Å². The number of carbonyl (C=O) groups excluding carboxylic acids is 1. The number of carbonyl (C=O) groups is 1. The molecule has 0 aliphatic carbocycles. The fourth-order valence-electron chi connectivity index (χ4n) is 2.71. The van der Waals surface area contributed by atoms with Crippen molar-refractivity contribution in [3.63, 3.8) is 0 Å². The standard InChI is InChI=1S/C13H24N2O/c1-10-8-14-9-11(10)12(16)15-6-4-13(2,3)5-7-15/h10-11,14H,4-9H2,1-3H3/t10-,11-/m1/s1. The molecule has 0 aromatic rings. The molecule has 2 aliphatic heterocycles. The van der Waals surface area contributed by atoms with Crippen LogP contribution in [-0.4, -0.2) is 37.0 Å². The third kappa shape index (κ3) is 2.40. The first-order valence-corrected chi connectivity index (χ1v) is 6.49. The van der Waals surface area contributed by atoms with E-state index in [4.69, 9.17) is 0 Å². The maximum Gasteiger partial charge on any atom is 0.227 e. The highest BCUT2D eigenvalue weighted by Gasteiger charge is 2.35. The molecular weight excluding hydrogens is 200 g/mol. The van der Waals surface area contributed by atoms with Gasteiger partial charge < -0.3 is 10.2 Å². The van der Waals surface area contributed by atoms with Crippen molar-refractivity contribution in [2.24, 2.45) is 17.3 Å². The number of nitrogens with zero attached hydrogens (tertiary/aromatic N) is 1. The molecule has 2 heterocycles. The second kappa shape index (κ2) is 4.36. The van der Waals surface area contributed by atoms with Gasteiger partial charge in [0, 0.05) is 19.6 Å². The summed E-state index contributed by atoms with van der Waals surface area (Å²) in [6.07, 6.45) is 2.29. The summed E-state index contributed by atoms with van der Waals surface area (Å²) in [6, 6.07) is 0. The predicted molar refractivity (Wildman–Crippen MR) is 65.1 cm³/mol. The van der Waals surface area contributed by atoms with Crippen molar-refractivity contribution in [1.29, 1.82) is 0 Å². The molecule has 2 fully saturated rings. The Morgan fingerprint density at radius 2 is 1.88 bits per heavy atom. The summed E-state index contributed by atoms with van der Waals surface area (Å²) < 4.78 is 0. The first-order valence-electron chi connectivity index (χ1n) is 6.49. The summed E-state index contributed by atoms with van der Waals surface area (Å²) in [5, 5.41) is 3.31. The van der Waals surface area contributed by atoms with Crippen LogP contribution in [0.25, 0.3) is 0 Å². The molecule has 0 radical (unpaired) electrons. The van der Waals surface area contributed by atoms with Gasteiger partial charge in [-0.3, -0.25) is 4.79 Å². The number of nitrogens with one attached hydrogen (secondary N) is 1. The van der Waals surface area contributed by atoms with Gasteiger partial charge in [-0.15, -0.1) is 0 Å². The van der Waals surface area contributed by atoms with Crippen molar-refractivity contribution in [2.75, 3.05) is 26.2 Å². The van der Waals surface area contributed by atoms with E-state index in [1.54, 1.807) is 0 Å². The molecule has 3 nitrogen and oxygen atoms in total. The Labute approximate surface area is 98.6 Å². The van der Waals surface area contributed by atoms with E-state index < -0.39 is 0 Å². The number of likely N-dealkylation sites (tertiary alicyclic amines) is 1. The number of hydrogen-bond acceptors (Lipinski definition) is 2. The van der Waals surface area contributed by atoms with Gasteiger partial charge in [0.25, 0.3) is 0 Å². The molecule has 2 rings (SSSR count). The number of hydrogen-bond donors (Lipinski definition) is 1. The Hall–Kier alpha value is -0.570. The zero-order chi connectivity index (χ0) is 11.8. The molecule has 1 amide bonds. The van der Waals surface area contributed by atoms with Gasteiger partial charge in [-0.05, 0) is 30.7 Å². The zero-order valence-electron chi connectivity index (χ0n) is 10.8. The van der Waals surface area contributed by atoms with Crippen molar-refractivity contribution >= 4 is 5.91 Å². The second-order valence-electron chi connectivity index (χ2n) is 6.23. The molecule has 0 aromatic carbocycles. The lowest BCUT2D eigenvalue weighted by molar-refractivity contribution is -0.138. The molecule has 2 saturated heterocycles. The average molecular weight is 224 g/mol. The van der Waals surface area contributed by atoms with E-state index in [2.05, 4.69) is 31.0 Å². The number of piperidine rings is 1. The normalized spacial score (nSPS) is 34.1. The molecule has 0 spiro atoms.